The Kier molecular flexibility index (Phi) is 4.29. The normalized spacial score (nSPS) is 10.5. The molecule has 2 aromatic heterocycles. The summed E-state index contributed by atoms with van der Waals surface area (Å²) in [7, 11) is 3.27. The Morgan fingerprint density at radius 1 is 1.18 bits per heavy atom. The Labute approximate surface area is 133 Å². The van der Waals surface area contributed by atoms with Crippen LogP contribution in [0, 0.1) is 0 Å². The fraction of sp³-hybridized carbons (Fsp3) is 0.188. The van der Waals surface area contributed by atoms with Gasteiger partial charge in [-0.2, -0.15) is 0 Å². The van der Waals surface area contributed by atoms with Crippen molar-refractivity contribution in [3.8, 4) is 16.5 Å². The van der Waals surface area contributed by atoms with Gasteiger partial charge < -0.3 is 19.4 Å². The molecule has 5 nitrogen and oxygen atoms in total. The van der Waals surface area contributed by atoms with E-state index in [0.29, 0.717) is 12.3 Å². The number of methoxy groups -OCH3 is 2. The molecular weight excluding hydrogens is 298 g/mol. The number of rotatable bonds is 6. The lowest BCUT2D eigenvalue weighted by atomic mass is 10.2. The molecule has 3 aromatic rings. The lowest BCUT2D eigenvalue weighted by Crippen LogP contribution is -2.05. The maximum atomic E-state index is 5.32. The molecule has 3 rings (SSSR count). The van der Waals surface area contributed by atoms with Crippen LogP contribution in [0.4, 0.5) is 5.69 Å². The highest BCUT2D eigenvalue weighted by Crippen LogP contribution is 2.30. The second-order valence-corrected chi connectivity index (χ2v) is 5.50. The zero-order valence-corrected chi connectivity index (χ0v) is 13.3. The smallest absolute Gasteiger partial charge is 0.162 e. The summed E-state index contributed by atoms with van der Waals surface area (Å²) in [5.74, 6) is 1.44. The van der Waals surface area contributed by atoms with E-state index < -0.39 is 0 Å². The SMILES string of the molecule is COc1ccc(NCc2cccn2-c2cncs2)cc1OC. The predicted molar refractivity (Wildman–Crippen MR) is 88.3 cm³/mol. The molecule has 0 atom stereocenters. The van der Waals surface area contributed by atoms with Crippen molar-refractivity contribution in [2.75, 3.05) is 19.5 Å². The number of nitrogens with one attached hydrogen (secondary N) is 1. The summed E-state index contributed by atoms with van der Waals surface area (Å²) >= 11 is 1.62. The first-order valence-electron chi connectivity index (χ1n) is 6.83. The Morgan fingerprint density at radius 3 is 2.77 bits per heavy atom. The summed E-state index contributed by atoms with van der Waals surface area (Å²) in [5, 5.41) is 4.51. The van der Waals surface area contributed by atoms with Crippen LogP contribution in [-0.2, 0) is 6.54 Å². The standard InChI is InChI=1S/C16H17N3O2S/c1-20-14-6-5-12(8-15(14)21-2)18-9-13-4-3-7-19(13)16-10-17-11-22-16/h3-8,10-11,18H,9H2,1-2H3. The van der Waals surface area contributed by atoms with Crippen molar-refractivity contribution in [3.63, 3.8) is 0 Å². The van der Waals surface area contributed by atoms with Crippen molar-refractivity contribution in [1.29, 1.82) is 0 Å². The molecule has 0 aliphatic heterocycles. The molecule has 0 amide bonds. The van der Waals surface area contributed by atoms with Gasteiger partial charge in [-0.1, -0.05) is 0 Å². The zero-order chi connectivity index (χ0) is 15.4. The molecule has 0 aliphatic rings. The molecule has 6 heteroatoms. The van der Waals surface area contributed by atoms with E-state index in [0.717, 1.165) is 16.4 Å². The van der Waals surface area contributed by atoms with Crippen molar-refractivity contribution in [2.45, 2.75) is 6.54 Å². The van der Waals surface area contributed by atoms with Crippen LogP contribution in [0.5, 0.6) is 11.5 Å². The van der Waals surface area contributed by atoms with Gasteiger partial charge in [-0.3, -0.25) is 4.98 Å². The minimum absolute atomic E-state index is 0.709. The lowest BCUT2D eigenvalue weighted by molar-refractivity contribution is 0.355. The van der Waals surface area contributed by atoms with Crippen LogP contribution < -0.4 is 14.8 Å². The first-order chi connectivity index (χ1) is 10.8. The predicted octanol–water partition coefficient (Wildman–Crippen LogP) is 3.56. The van der Waals surface area contributed by atoms with E-state index in [4.69, 9.17) is 9.47 Å². The number of ether oxygens (including phenoxy) is 2. The third-order valence-electron chi connectivity index (χ3n) is 3.35. The van der Waals surface area contributed by atoms with E-state index in [2.05, 4.69) is 20.9 Å². The molecule has 22 heavy (non-hydrogen) atoms. The van der Waals surface area contributed by atoms with Gasteiger partial charge in [0.15, 0.2) is 11.5 Å². The molecule has 0 spiro atoms. The van der Waals surface area contributed by atoms with Gasteiger partial charge in [0.25, 0.3) is 0 Å². The van der Waals surface area contributed by atoms with Crippen LogP contribution >= 0.6 is 11.3 Å². The summed E-state index contributed by atoms with van der Waals surface area (Å²) in [6, 6.07) is 9.92. The molecule has 2 heterocycles. The van der Waals surface area contributed by atoms with Crippen molar-refractivity contribution in [2.24, 2.45) is 0 Å². The average molecular weight is 315 g/mol. The summed E-state index contributed by atoms with van der Waals surface area (Å²) in [5.41, 5.74) is 3.98. The summed E-state index contributed by atoms with van der Waals surface area (Å²) < 4.78 is 12.7. The number of hydrogen-bond donors (Lipinski definition) is 1. The number of hydrogen-bond acceptors (Lipinski definition) is 5. The maximum Gasteiger partial charge on any atom is 0.162 e. The van der Waals surface area contributed by atoms with Crippen molar-refractivity contribution >= 4 is 17.0 Å². The molecule has 0 saturated heterocycles. The Morgan fingerprint density at radius 2 is 2.05 bits per heavy atom. The number of aromatic nitrogens is 2. The second-order valence-electron chi connectivity index (χ2n) is 4.63. The molecule has 1 aromatic carbocycles. The van der Waals surface area contributed by atoms with Crippen molar-refractivity contribution < 1.29 is 9.47 Å². The first-order valence-corrected chi connectivity index (χ1v) is 7.71. The molecule has 0 bridgehead atoms. The monoisotopic (exact) mass is 315 g/mol. The van der Waals surface area contributed by atoms with E-state index in [1.54, 1.807) is 25.6 Å². The van der Waals surface area contributed by atoms with Crippen LogP contribution in [0.3, 0.4) is 0 Å². The van der Waals surface area contributed by atoms with E-state index in [-0.39, 0.29) is 0 Å². The molecule has 0 fully saturated rings. The fourth-order valence-corrected chi connectivity index (χ4v) is 2.89. The second kappa shape index (κ2) is 6.53. The van der Waals surface area contributed by atoms with Crippen LogP contribution in [0.15, 0.2) is 48.2 Å². The molecule has 0 radical (unpaired) electrons. The third-order valence-corrected chi connectivity index (χ3v) is 4.12. The molecule has 0 aliphatic carbocycles. The summed E-state index contributed by atoms with van der Waals surface area (Å²) in [6.07, 6.45) is 3.91. The lowest BCUT2D eigenvalue weighted by Gasteiger charge is -2.12. The Hall–Kier alpha value is -2.47. The zero-order valence-electron chi connectivity index (χ0n) is 12.4. The highest BCUT2D eigenvalue weighted by molar-refractivity contribution is 7.12. The molecule has 1 N–H and O–H groups in total. The number of thiazole rings is 1. The van der Waals surface area contributed by atoms with Gasteiger partial charge in [0.05, 0.1) is 32.5 Å². The third kappa shape index (κ3) is 2.92. The molecule has 0 unspecified atom stereocenters. The minimum Gasteiger partial charge on any atom is -0.493 e. The highest BCUT2D eigenvalue weighted by atomic mass is 32.1. The minimum atomic E-state index is 0.709. The first kappa shape index (κ1) is 14.5. The quantitative estimate of drug-likeness (QED) is 0.755. The van der Waals surface area contributed by atoms with Crippen LogP contribution in [0.25, 0.3) is 5.00 Å². The van der Waals surface area contributed by atoms with Gasteiger partial charge in [-0.15, -0.1) is 11.3 Å². The number of anilines is 1. The van der Waals surface area contributed by atoms with E-state index in [1.165, 1.54) is 5.69 Å². The van der Waals surface area contributed by atoms with Crippen LogP contribution in [0.2, 0.25) is 0 Å². The van der Waals surface area contributed by atoms with Crippen molar-refractivity contribution in [3.05, 3.63) is 53.9 Å². The van der Waals surface area contributed by atoms with Gasteiger partial charge >= 0.3 is 0 Å². The summed E-state index contributed by atoms with van der Waals surface area (Å²) in [4.78, 5) is 4.13. The summed E-state index contributed by atoms with van der Waals surface area (Å²) in [6.45, 7) is 0.709. The van der Waals surface area contributed by atoms with E-state index in [1.807, 2.05) is 42.2 Å². The van der Waals surface area contributed by atoms with Gasteiger partial charge in [-0.25, -0.2) is 0 Å². The highest BCUT2D eigenvalue weighted by Gasteiger charge is 2.07. The van der Waals surface area contributed by atoms with Crippen LogP contribution in [-0.4, -0.2) is 23.8 Å². The number of benzene rings is 1. The Balaban J connectivity index is 1.75. The molecule has 0 saturated carbocycles. The molecule has 114 valence electrons. The van der Waals surface area contributed by atoms with Crippen molar-refractivity contribution in [1.82, 2.24) is 9.55 Å². The molecular formula is C16H17N3O2S. The van der Waals surface area contributed by atoms with Gasteiger partial charge in [0.1, 0.15) is 5.00 Å². The average Bonchev–Trinajstić information content (AvgIpc) is 3.23. The topological polar surface area (TPSA) is 48.3 Å². The van der Waals surface area contributed by atoms with E-state index in [9.17, 15) is 0 Å². The Bertz CT molecular complexity index is 738. The maximum absolute atomic E-state index is 5.32. The van der Waals surface area contributed by atoms with Gasteiger partial charge in [0.2, 0.25) is 0 Å². The number of nitrogens with zero attached hydrogens (tertiary/aromatic N) is 2. The largest absolute Gasteiger partial charge is 0.493 e. The van der Waals surface area contributed by atoms with Gasteiger partial charge in [0, 0.05) is 23.6 Å². The van der Waals surface area contributed by atoms with Gasteiger partial charge in [-0.05, 0) is 24.3 Å². The fourth-order valence-electron chi connectivity index (χ4n) is 2.24. The van der Waals surface area contributed by atoms with E-state index >= 15 is 0 Å². The van der Waals surface area contributed by atoms with Crippen LogP contribution in [0.1, 0.15) is 5.69 Å².